The number of carbonyl (C=O) groups excluding carboxylic acids is 3. The third-order valence-corrected chi connectivity index (χ3v) is 3.48. The summed E-state index contributed by atoms with van der Waals surface area (Å²) in [6.07, 6.45) is 0. The molecule has 1 aliphatic rings. The molecule has 0 spiro atoms. The van der Waals surface area contributed by atoms with Crippen LogP contribution in [-0.4, -0.2) is 61.9 Å². The summed E-state index contributed by atoms with van der Waals surface area (Å²) in [5, 5.41) is 2.71. The molecule has 7 nitrogen and oxygen atoms in total. The highest BCUT2D eigenvalue weighted by molar-refractivity contribution is 6.04. The van der Waals surface area contributed by atoms with Crippen LogP contribution in [0.3, 0.4) is 0 Å². The fraction of sp³-hybridized carbons (Fsp3) is 0.400. The van der Waals surface area contributed by atoms with Gasteiger partial charge >= 0.3 is 6.03 Å². The first-order valence-electron chi connectivity index (χ1n) is 6.97. The van der Waals surface area contributed by atoms with Crippen molar-refractivity contribution in [3.8, 4) is 0 Å². The van der Waals surface area contributed by atoms with E-state index in [4.69, 9.17) is 0 Å². The van der Waals surface area contributed by atoms with Crippen LogP contribution in [0, 0.1) is 0 Å². The molecule has 1 saturated heterocycles. The number of likely N-dealkylation sites (N-methyl/N-ethyl adjacent to an activating group) is 1. The number of imide groups is 1. The monoisotopic (exact) mass is 304 g/mol. The zero-order valence-electron chi connectivity index (χ0n) is 13.0. The van der Waals surface area contributed by atoms with E-state index in [1.54, 1.807) is 0 Å². The Bertz CT molecular complexity index is 583. The van der Waals surface area contributed by atoms with Crippen molar-refractivity contribution in [2.45, 2.75) is 6.54 Å². The molecule has 1 aromatic rings. The minimum Gasteiger partial charge on any atom is -0.378 e. The molecule has 0 unspecified atom stereocenters. The van der Waals surface area contributed by atoms with Crippen LogP contribution in [0.5, 0.6) is 0 Å². The van der Waals surface area contributed by atoms with E-state index in [2.05, 4.69) is 5.32 Å². The summed E-state index contributed by atoms with van der Waals surface area (Å²) in [5.74, 6) is -0.702. The Morgan fingerprint density at radius 2 is 1.86 bits per heavy atom. The van der Waals surface area contributed by atoms with Crippen LogP contribution in [0.25, 0.3) is 0 Å². The van der Waals surface area contributed by atoms with Crippen LogP contribution in [0.15, 0.2) is 24.3 Å². The van der Waals surface area contributed by atoms with Gasteiger partial charge in [-0.3, -0.25) is 14.5 Å². The van der Waals surface area contributed by atoms with Crippen LogP contribution in [-0.2, 0) is 16.1 Å². The fourth-order valence-corrected chi connectivity index (χ4v) is 2.14. The van der Waals surface area contributed by atoms with E-state index < -0.39 is 6.03 Å². The lowest BCUT2D eigenvalue weighted by Crippen LogP contribution is -2.40. The normalized spacial score (nSPS) is 14.5. The standard InChI is InChI=1S/C15H20N4O3/c1-17(2)12-6-4-11(5-7-12)8-16-13(20)9-19-14(21)10-18(3)15(19)22/h4-7H,8-10H2,1-3H3,(H,16,20). The highest BCUT2D eigenvalue weighted by Crippen LogP contribution is 2.12. The first-order valence-corrected chi connectivity index (χ1v) is 6.97. The van der Waals surface area contributed by atoms with Crippen molar-refractivity contribution >= 4 is 23.5 Å². The topological polar surface area (TPSA) is 73.0 Å². The molecular formula is C15H20N4O3. The smallest absolute Gasteiger partial charge is 0.327 e. The highest BCUT2D eigenvalue weighted by Gasteiger charge is 2.34. The van der Waals surface area contributed by atoms with Crippen molar-refractivity contribution in [3.63, 3.8) is 0 Å². The Morgan fingerprint density at radius 3 is 2.36 bits per heavy atom. The zero-order valence-corrected chi connectivity index (χ0v) is 13.0. The van der Waals surface area contributed by atoms with Crippen molar-refractivity contribution in [2.75, 3.05) is 39.1 Å². The molecule has 1 heterocycles. The van der Waals surface area contributed by atoms with Crippen molar-refractivity contribution in [1.82, 2.24) is 15.1 Å². The number of amides is 4. The summed E-state index contributed by atoms with van der Waals surface area (Å²) in [6, 6.07) is 7.34. The van der Waals surface area contributed by atoms with Crippen molar-refractivity contribution in [3.05, 3.63) is 29.8 Å². The van der Waals surface area contributed by atoms with E-state index in [9.17, 15) is 14.4 Å². The van der Waals surface area contributed by atoms with Crippen molar-refractivity contribution < 1.29 is 14.4 Å². The second-order valence-corrected chi connectivity index (χ2v) is 5.46. The number of anilines is 1. The molecule has 0 aromatic heterocycles. The largest absolute Gasteiger partial charge is 0.378 e. The molecule has 1 N–H and O–H groups in total. The van der Waals surface area contributed by atoms with E-state index >= 15 is 0 Å². The van der Waals surface area contributed by atoms with Gasteiger partial charge in [-0.2, -0.15) is 0 Å². The Labute approximate surface area is 129 Å². The lowest BCUT2D eigenvalue weighted by molar-refractivity contribution is -0.130. The second kappa shape index (κ2) is 6.46. The van der Waals surface area contributed by atoms with Gasteiger partial charge in [-0.1, -0.05) is 12.1 Å². The van der Waals surface area contributed by atoms with Gasteiger partial charge in [0.15, 0.2) is 0 Å². The number of carbonyl (C=O) groups is 3. The average Bonchev–Trinajstić information content (AvgIpc) is 2.72. The van der Waals surface area contributed by atoms with E-state index in [0.29, 0.717) is 6.54 Å². The van der Waals surface area contributed by atoms with Crippen LogP contribution in [0.1, 0.15) is 5.56 Å². The Morgan fingerprint density at radius 1 is 1.23 bits per heavy atom. The lowest BCUT2D eigenvalue weighted by atomic mass is 10.2. The average molecular weight is 304 g/mol. The molecule has 4 amide bonds. The summed E-state index contributed by atoms with van der Waals surface area (Å²) in [4.78, 5) is 39.4. The van der Waals surface area contributed by atoms with E-state index in [1.165, 1.54) is 11.9 Å². The number of nitrogens with zero attached hydrogens (tertiary/aromatic N) is 3. The molecule has 0 saturated carbocycles. The summed E-state index contributed by atoms with van der Waals surface area (Å²) < 4.78 is 0. The predicted molar refractivity (Wildman–Crippen MR) is 82.4 cm³/mol. The molecule has 118 valence electrons. The SMILES string of the molecule is CN1CC(=O)N(CC(=O)NCc2ccc(N(C)C)cc2)C1=O. The highest BCUT2D eigenvalue weighted by atomic mass is 16.2. The third kappa shape index (κ3) is 3.55. The van der Waals surface area contributed by atoms with Crippen molar-refractivity contribution in [1.29, 1.82) is 0 Å². The van der Waals surface area contributed by atoms with E-state index in [1.807, 2.05) is 43.3 Å². The molecule has 7 heteroatoms. The second-order valence-electron chi connectivity index (χ2n) is 5.46. The summed E-state index contributed by atoms with van der Waals surface area (Å²) in [5.41, 5.74) is 2.03. The third-order valence-electron chi connectivity index (χ3n) is 3.48. The molecule has 1 aliphatic heterocycles. The lowest BCUT2D eigenvalue weighted by Gasteiger charge is -2.15. The van der Waals surface area contributed by atoms with Crippen molar-refractivity contribution in [2.24, 2.45) is 0 Å². The Balaban J connectivity index is 1.85. The molecule has 0 aliphatic carbocycles. The number of hydrogen-bond acceptors (Lipinski definition) is 4. The minimum absolute atomic E-state index is 0.0259. The molecule has 0 radical (unpaired) electrons. The Hall–Kier alpha value is -2.57. The molecule has 22 heavy (non-hydrogen) atoms. The molecule has 1 aromatic carbocycles. The molecule has 2 rings (SSSR count). The van der Waals surface area contributed by atoms with Gasteiger partial charge in [-0.05, 0) is 17.7 Å². The number of hydrogen-bond donors (Lipinski definition) is 1. The van der Waals surface area contributed by atoms with Crippen LogP contribution < -0.4 is 10.2 Å². The van der Waals surface area contributed by atoms with Gasteiger partial charge in [0.25, 0.3) is 5.91 Å². The summed E-state index contributed by atoms with van der Waals surface area (Å²) in [7, 11) is 5.44. The maximum Gasteiger partial charge on any atom is 0.327 e. The number of urea groups is 1. The van der Waals surface area contributed by atoms with Gasteiger partial charge in [-0.15, -0.1) is 0 Å². The number of benzene rings is 1. The summed E-state index contributed by atoms with van der Waals surface area (Å²) in [6.45, 7) is 0.147. The zero-order chi connectivity index (χ0) is 16.3. The Kier molecular flexibility index (Phi) is 4.65. The first kappa shape index (κ1) is 15.8. The quantitative estimate of drug-likeness (QED) is 0.792. The van der Waals surface area contributed by atoms with Crippen LogP contribution >= 0.6 is 0 Å². The van der Waals surface area contributed by atoms with Gasteiger partial charge in [0.2, 0.25) is 5.91 Å². The van der Waals surface area contributed by atoms with E-state index in [-0.39, 0.29) is 24.9 Å². The van der Waals surface area contributed by atoms with Gasteiger partial charge in [0.05, 0.1) is 0 Å². The maximum atomic E-state index is 11.9. The molecule has 0 bridgehead atoms. The number of nitrogens with one attached hydrogen (secondary N) is 1. The van der Waals surface area contributed by atoms with Crippen LogP contribution in [0.4, 0.5) is 10.5 Å². The van der Waals surface area contributed by atoms with Gasteiger partial charge in [0, 0.05) is 33.4 Å². The van der Waals surface area contributed by atoms with Gasteiger partial charge in [-0.25, -0.2) is 4.79 Å². The molecular weight excluding hydrogens is 284 g/mol. The van der Waals surface area contributed by atoms with Gasteiger partial charge < -0.3 is 15.1 Å². The fourth-order valence-electron chi connectivity index (χ4n) is 2.14. The molecule has 0 atom stereocenters. The predicted octanol–water partition coefficient (Wildman–Crippen LogP) is 0.263. The first-order chi connectivity index (χ1) is 10.4. The maximum absolute atomic E-state index is 11.9. The molecule has 1 fully saturated rings. The number of rotatable bonds is 5. The minimum atomic E-state index is -0.435. The summed E-state index contributed by atoms with van der Waals surface area (Å²) >= 11 is 0. The van der Waals surface area contributed by atoms with E-state index in [0.717, 1.165) is 16.2 Å². The van der Waals surface area contributed by atoms with Gasteiger partial charge in [0.1, 0.15) is 13.1 Å². The van der Waals surface area contributed by atoms with Crippen LogP contribution in [0.2, 0.25) is 0 Å².